The van der Waals surface area contributed by atoms with Gasteiger partial charge in [0, 0.05) is 6.54 Å². The van der Waals surface area contributed by atoms with Gasteiger partial charge in [-0.05, 0) is 24.6 Å². The van der Waals surface area contributed by atoms with Gasteiger partial charge in [-0.25, -0.2) is 31.7 Å². The second-order valence-electron chi connectivity index (χ2n) is 4.35. The van der Waals surface area contributed by atoms with Crippen LogP contribution in [0.5, 0.6) is 0 Å². The lowest BCUT2D eigenvalue weighted by Gasteiger charge is -2.05. The van der Waals surface area contributed by atoms with Crippen LogP contribution in [0.2, 0.25) is 0 Å². The van der Waals surface area contributed by atoms with Crippen LogP contribution in [0.25, 0.3) is 0 Å². The Labute approximate surface area is 122 Å². The lowest BCUT2D eigenvalue weighted by Crippen LogP contribution is -2.23. The van der Waals surface area contributed by atoms with E-state index >= 15 is 0 Å². The number of benzene rings is 1. The second-order valence-corrected chi connectivity index (χ2v) is 7.64. The predicted molar refractivity (Wildman–Crippen MR) is 75.2 cm³/mol. The molecule has 0 aliphatic rings. The number of nitrogens with zero attached hydrogens (tertiary/aromatic N) is 1. The molecule has 0 aliphatic carbocycles. The third kappa shape index (κ3) is 3.88. The number of aryl methyl sites for hydroxylation is 1. The monoisotopic (exact) mass is 330 g/mol. The zero-order valence-corrected chi connectivity index (χ0v) is 12.7. The van der Waals surface area contributed by atoms with Gasteiger partial charge in [0.2, 0.25) is 10.0 Å². The highest BCUT2D eigenvalue weighted by Crippen LogP contribution is 2.10. The highest BCUT2D eigenvalue weighted by atomic mass is 32.2. The van der Waals surface area contributed by atoms with E-state index in [-0.39, 0.29) is 16.5 Å². The van der Waals surface area contributed by atoms with Crippen LogP contribution in [0.15, 0.2) is 40.4 Å². The summed E-state index contributed by atoms with van der Waals surface area (Å²) >= 11 is 0. The third-order valence-corrected chi connectivity index (χ3v) is 4.93. The van der Waals surface area contributed by atoms with Crippen molar-refractivity contribution in [3.63, 3.8) is 0 Å². The van der Waals surface area contributed by atoms with E-state index in [4.69, 9.17) is 5.14 Å². The molecule has 8 nitrogen and oxygen atoms in total. The van der Waals surface area contributed by atoms with E-state index < -0.39 is 20.0 Å². The fraction of sp³-hybridized carbons (Fsp3) is 0.182. The van der Waals surface area contributed by atoms with Crippen LogP contribution in [0.4, 0.5) is 0 Å². The minimum atomic E-state index is -3.76. The van der Waals surface area contributed by atoms with Crippen LogP contribution in [-0.4, -0.2) is 26.8 Å². The number of primary sulfonamides is 1. The van der Waals surface area contributed by atoms with Gasteiger partial charge in [0.05, 0.1) is 11.1 Å². The summed E-state index contributed by atoms with van der Waals surface area (Å²) in [7, 11) is -7.44. The molecule has 114 valence electrons. The van der Waals surface area contributed by atoms with E-state index in [1.165, 1.54) is 30.5 Å². The summed E-state index contributed by atoms with van der Waals surface area (Å²) in [6.07, 6.45) is 1.22. The van der Waals surface area contributed by atoms with Gasteiger partial charge in [-0.3, -0.25) is 0 Å². The Bertz CT molecular complexity index is 839. The van der Waals surface area contributed by atoms with Gasteiger partial charge in [-0.2, -0.15) is 0 Å². The van der Waals surface area contributed by atoms with Gasteiger partial charge in [-0.1, -0.05) is 12.1 Å². The summed E-state index contributed by atoms with van der Waals surface area (Å²) in [5.41, 5.74) is 0.599. The molecule has 2 rings (SSSR count). The second kappa shape index (κ2) is 5.56. The lowest BCUT2D eigenvalue weighted by atomic mass is 10.2. The van der Waals surface area contributed by atoms with Gasteiger partial charge in [0.15, 0.2) is 5.03 Å². The van der Waals surface area contributed by atoms with Crippen molar-refractivity contribution in [2.75, 3.05) is 0 Å². The first-order valence-electron chi connectivity index (χ1n) is 5.81. The van der Waals surface area contributed by atoms with Crippen molar-refractivity contribution in [1.29, 1.82) is 0 Å². The van der Waals surface area contributed by atoms with Crippen LogP contribution >= 0.6 is 0 Å². The summed E-state index contributed by atoms with van der Waals surface area (Å²) in [6, 6.07) is 5.61. The number of H-pyrrole nitrogens is 1. The maximum absolute atomic E-state index is 11.9. The molecule has 0 bridgehead atoms. The van der Waals surface area contributed by atoms with Gasteiger partial charge in [0.25, 0.3) is 10.0 Å². The smallest absolute Gasteiger partial charge is 0.257 e. The summed E-state index contributed by atoms with van der Waals surface area (Å²) in [5, 5.41) is 4.95. The summed E-state index contributed by atoms with van der Waals surface area (Å²) < 4.78 is 48.5. The van der Waals surface area contributed by atoms with E-state index in [2.05, 4.69) is 14.7 Å². The number of nitrogens with two attached hydrogens (primary N) is 1. The van der Waals surface area contributed by atoms with Crippen LogP contribution in [0.3, 0.4) is 0 Å². The molecule has 21 heavy (non-hydrogen) atoms. The van der Waals surface area contributed by atoms with Crippen molar-refractivity contribution in [3.8, 4) is 0 Å². The Balaban J connectivity index is 2.10. The number of hydrogen-bond acceptors (Lipinski definition) is 5. The number of aromatic amines is 1. The van der Waals surface area contributed by atoms with Crippen LogP contribution < -0.4 is 9.86 Å². The number of rotatable bonds is 5. The number of sulfonamides is 2. The molecule has 10 heteroatoms. The molecule has 0 saturated heterocycles. The Kier molecular flexibility index (Phi) is 4.14. The summed E-state index contributed by atoms with van der Waals surface area (Å²) in [6.45, 7) is 1.66. The van der Waals surface area contributed by atoms with Crippen molar-refractivity contribution in [2.24, 2.45) is 5.14 Å². The molecule has 0 saturated carbocycles. The van der Waals surface area contributed by atoms with E-state index in [9.17, 15) is 16.8 Å². The highest BCUT2D eigenvalue weighted by molar-refractivity contribution is 7.89. The molecule has 0 aliphatic heterocycles. The number of imidazole rings is 1. The normalized spacial score (nSPS) is 12.5. The highest BCUT2D eigenvalue weighted by Gasteiger charge is 2.16. The molecule has 1 aromatic carbocycles. The third-order valence-electron chi connectivity index (χ3n) is 2.69. The molecule has 4 N–H and O–H groups in total. The predicted octanol–water partition coefficient (Wildman–Crippen LogP) is -0.156. The van der Waals surface area contributed by atoms with E-state index in [0.29, 0.717) is 11.4 Å². The van der Waals surface area contributed by atoms with Gasteiger partial charge in [-0.15, -0.1) is 0 Å². The molecule has 0 radical (unpaired) electrons. The standard InChI is InChI=1S/C11H14N4O4S2/c1-8-13-7-11(15-8)21(18,19)14-6-9-2-4-10(5-3-9)20(12,16)17/h2-5,7,14H,6H2,1H3,(H,13,15)(H2,12,16,17). The van der Waals surface area contributed by atoms with E-state index in [0.717, 1.165) is 0 Å². The fourth-order valence-corrected chi connectivity index (χ4v) is 3.09. The topological polar surface area (TPSA) is 135 Å². The minimum Gasteiger partial charge on any atom is -0.332 e. The Morgan fingerprint density at radius 3 is 2.29 bits per heavy atom. The average molecular weight is 330 g/mol. The molecule has 1 heterocycles. The van der Waals surface area contributed by atoms with Gasteiger partial charge < -0.3 is 4.98 Å². The van der Waals surface area contributed by atoms with Crippen LogP contribution in [0, 0.1) is 6.92 Å². The summed E-state index contributed by atoms with van der Waals surface area (Å²) in [4.78, 5) is 6.42. The Morgan fingerprint density at radius 2 is 1.81 bits per heavy atom. The maximum atomic E-state index is 11.9. The minimum absolute atomic E-state index is 0.0191. The lowest BCUT2D eigenvalue weighted by molar-refractivity contribution is 0.577. The fourth-order valence-electron chi connectivity index (χ4n) is 1.59. The zero-order valence-electron chi connectivity index (χ0n) is 11.1. The maximum Gasteiger partial charge on any atom is 0.257 e. The van der Waals surface area contributed by atoms with Gasteiger partial charge in [0.1, 0.15) is 5.82 Å². The SMILES string of the molecule is Cc1ncc(S(=O)(=O)NCc2ccc(S(N)(=O)=O)cc2)[nH]1. The van der Waals surface area contributed by atoms with Crippen molar-refractivity contribution in [2.45, 2.75) is 23.4 Å². The first-order valence-corrected chi connectivity index (χ1v) is 8.84. The van der Waals surface area contributed by atoms with Crippen molar-refractivity contribution >= 4 is 20.0 Å². The van der Waals surface area contributed by atoms with Crippen LogP contribution in [0.1, 0.15) is 11.4 Å². The molecule has 0 fully saturated rings. The first kappa shape index (κ1) is 15.6. The van der Waals surface area contributed by atoms with Crippen molar-refractivity contribution in [3.05, 3.63) is 41.9 Å². The van der Waals surface area contributed by atoms with E-state index in [1.54, 1.807) is 6.92 Å². The van der Waals surface area contributed by atoms with E-state index in [1.807, 2.05) is 0 Å². The molecular formula is C11H14N4O4S2. The Hall–Kier alpha value is -1.75. The van der Waals surface area contributed by atoms with Gasteiger partial charge >= 0.3 is 0 Å². The summed E-state index contributed by atoms with van der Waals surface area (Å²) in [5.74, 6) is 0.493. The quantitative estimate of drug-likeness (QED) is 0.700. The molecule has 0 amide bonds. The number of nitrogens with one attached hydrogen (secondary N) is 2. The van der Waals surface area contributed by atoms with Crippen molar-refractivity contribution < 1.29 is 16.8 Å². The average Bonchev–Trinajstić information content (AvgIpc) is 2.83. The number of aromatic nitrogens is 2. The Morgan fingerprint density at radius 1 is 1.19 bits per heavy atom. The molecule has 0 unspecified atom stereocenters. The molecular weight excluding hydrogens is 316 g/mol. The molecule has 0 atom stereocenters. The largest absolute Gasteiger partial charge is 0.332 e. The molecule has 1 aromatic heterocycles. The molecule has 2 aromatic rings. The molecule has 0 spiro atoms. The van der Waals surface area contributed by atoms with Crippen LogP contribution in [-0.2, 0) is 26.6 Å². The first-order chi connectivity index (χ1) is 9.68. The zero-order chi connectivity index (χ0) is 15.7. The number of hydrogen-bond donors (Lipinski definition) is 3. The van der Waals surface area contributed by atoms with Crippen molar-refractivity contribution in [1.82, 2.24) is 14.7 Å².